The molecule has 6 heteroatoms. The number of nitrogens with one attached hydrogen (secondary N) is 2. The van der Waals surface area contributed by atoms with Gasteiger partial charge in [-0.3, -0.25) is 4.79 Å². The molecule has 2 atom stereocenters. The molecule has 0 spiro atoms. The van der Waals surface area contributed by atoms with Crippen molar-refractivity contribution >= 4 is 12.0 Å². The lowest BCUT2D eigenvalue weighted by molar-refractivity contribution is -0.143. The molecule has 2 saturated carbocycles. The molecule has 0 aromatic carbocycles. The summed E-state index contributed by atoms with van der Waals surface area (Å²) in [5.41, 5.74) is -0.747. The highest BCUT2D eigenvalue weighted by Crippen LogP contribution is 2.45. The molecular weight excluding hydrogens is 236 g/mol. The molecular formula is C12H20N2O4. The van der Waals surface area contributed by atoms with Crippen molar-refractivity contribution in [3.63, 3.8) is 0 Å². The second kappa shape index (κ2) is 5.14. The number of aliphatic hydroxyl groups is 1. The predicted octanol–water partition coefficient (Wildman–Crippen LogP) is 0.454. The van der Waals surface area contributed by atoms with Gasteiger partial charge in [-0.2, -0.15) is 0 Å². The van der Waals surface area contributed by atoms with Gasteiger partial charge >= 0.3 is 12.0 Å². The van der Waals surface area contributed by atoms with Crippen LogP contribution < -0.4 is 10.6 Å². The Morgan fingerprint density at radius 3 is 2.44 bits per heavy atom. The van der Waals surface area contributed by atoms with Crippen LogP contribution in [0.2, 0.25) is 0 Å². The number of carbonyl (C=O) groups excluding carboxylic acids is 1. The Morgan fingerprint density at radius 2 is 1.89 bits per heavy atom. The molecule has 0 aromatic heterocycles. The molecule has 102 valence electrons. The lowest BCUT2D eigenvalue weighted by Crippen LogP contribution is -2.50. The van der Waals surface area contributed by atoms with E-state index < -0.39 is 17.5 Å². The number of hydrogen-bond donors (Lipinski definition) is 4. The summed E-state index contributed by atoms with van der Waals surface area (Å²) in [5.74, 6) is -0.847. The summed E-state index contributed by atoms with van der Waals surface area (Å²) in [4.78, 5) is 22.6. The Labute approximate surface area is 106 Å². The third-order valence-electron chi connectivity index (χ3n) is 3.94. The summed E-state index contributed by atoms with van der Waals surface area (Å²) >= 11 is 0. The molecule has 0 bridgehead atoms. The van der Waals surface area contributed by atoms with Crippen molar-refractivity contribution in [2.24, 2.45) is 5.41 Å². The summed E-state index contributed by atoms with van der Waals surface area (Å²) in [5, 5.41) is 24.0. The third-order valence-corrected chi connectivity index (χ3v) is 3.94. The van der Waals surface area contributed by atoms with E-state index in [1.807, 2.05) is 0 Å². The van der Waals surface area contributed by atoms with Crippen LogP contribution in [0.5, 0.6) is 0 Å². The van der Waals surface area contributed by atoms with Crippen LogP contribution in [-0.4, -0.2) is 40.9 Å². The number of carboxylic acid groups (broad SMARTS) is 1. The second-order valence-electron chi connectivity index (χ2n) is 5.37. The fourth-order valence-corrected chi connectivity index (χ4v) is 2.37. The molecule has 2 amide bonds. The van der Waals surface area contributed by atoms with Crippen LogP contribution in [0.3, 0.4) is 0 Å². The van der Waals surface area contributed by atoms with Crippen molar-refractivity contribution in [1.82, 2.24) is 10.6 Å². The molecule has 2 unspecified atom stereocenters. The number of rotatable bonds is 4. The van der Waals surface area contributed by atoms with Gasteiger partial charge in [-0.05, 0) is 25.7 Å². The van der Waals surface area contributed by atoms with Gasteiger partial charge in [0.25, 0.3) is 0 Å². The first-order valence-corrected chi connectivity index (χ1v) is 6.49. The van der Waals surface area contributed by atoms with Gasteiger partial charge in [0.2, 0.25) is 0 Å². The Balaban J connectivity index is 1.73. The second-order valence-corrected chi connectivity index (χ2v) is 5.37. The number of hydrogen-bond acceptors (Lipinski definition) is 3. The van der Waals surface area contributed by atoms with Gasteiger partial charge in [-0.1, -0.05) is 12.8 Å². The van der Waals surface area contributed by atoms with Crippen molar-refractivity contribution in [1.29, 1.82) is 0 Å². The molecule has 0 aromatic rings. The number of amides is 2. The third kappa shape index (κ3) is 2.93. The quantitative estimate of drug-likeness (QED) is 0.587. The monoisotopic (exact) mass is 256 g/mol. The number of carboxylic acids is 1. The van der Waals surface area contributed by atoms with E-state index in [9.17, 15) is 14.7 Å². The van der Waals surface area contributed by atoms with Gasteiger partial charge in [-0.15, -0.1) is 0 Å². The van der Waals surface area contributed by atoms with Crippen molar-refractivity contribution in [3.05, 3.63) is 0 Å². The first-order valence-electron chi connectivity index (χ1n) is 6.49. The maximum absolute atomic E-state index is 11.6. The van der Waals surface area contributed by atoms with Crippen LogP contribution >= 0.6 is 0 Å². The van der Waals surface area contributed by atoms with Crippen LogP contribution in [0, 0.1) is 5.41 Å². The number of aliphatic carboxylic acids is 1. The average Bonchev–Trinajstić information content (AvgIpc) is 3.11. The average molecular weight is 256 g/mol. The minimum absolute atomic E-state index is 0.164. The molecule has 0 radical (unpaired) electrons. The zero-order valence-corrected chi connectivity index (χ0v) is 10.3. The summed E-state index contributed by atoms with van der Waals surface area (Å²) in [6.45, 7) is 0.164. The van der Waals surface area contributed by atoms with Gasteiger partial charge in [0, 0.05) is 6.54 Å². The van der Waals surface area contributed by atoms with Crippen molar-refractivity contribution < 1.29 is 19.8 Å². The van der Waals surface area contributed by atoms with E-state index in [1.54, 1.807) is 0 Å². The number of aliphatic hydroxyl groups excluding tert-OH is 1. The maximum Gasteiger partial charge on any atom is 0.315 e. The van der Waals surface area contributed by atoms with E-state index in [-0.39, 0.29) is 18.6 Å². The zero-order chi connectivity index (χ0) is 13.2. The molecule has 0 saturated heterocycles. The zero-order valence-electron chi connectivity index (χ0n) is 10.3. The highest BCUT2D eigenvalue weighted by Gasteiger charge is 2.50. The summed E-state index contributed by atoms with van der Waals surface area (Å²) in [6.07, 6.45) is 4.23. The van der Waals surface area contributed by atoms with Crippen molar-refractivity contribution in [2.75, 3.05) is 6.54 Å². The van der Waals surface area contributed by atoms with Crippen molar-refractivity contribution in [3.8, 4) is 0 Å². The Kier molecular flexibility index (Phi) is 3.75. The summed E-state index contributed by atoms with van der Waals surface area (Å²) in [6, 6.07) is -0.591. The molecule has 6 nitrogen and oxygen atoms in total. The fraction of sp³-hybridized carbons (Fsp3) is 0.833. The van der Waals surface area contributed by atoms with E-state index in [0.29, 0.717) is 19.3 Å². The van der Waals surface area contributed by atoms with E-state index in [1.165, 1.54) is 0 Å². The minimum atomic E-state index is -0.847. The van der Waals surface area contributed by atoms with Crippen LogP contribution in [0.25, 0.3) is 0 Å². The van der Waals surface area contributed by atoms with Crippen LogP contribution in [-0.2, 0) is 4.79 Å². The molecule has 18 heavy (non-hydrogen) atoms. The highest BCUT2D eigenvalue weighted by atomic mass is 16.4. The Morgan fingerprint density at radius 1 is 1.22 bits per heavy atom. The highest BCUT2D eigenvalue weighted by molar-refractivity contribution is 5.80. The standard InChI is InChI=1S/C12H20N2O4/c15-9-4-2-1-3-8(9)14-11(18)13-7-12(5-6-12)10(16)17/h8-9,15H,1-7H2,(H,16,17)(H2,13,14,18). The van der Waals surface area contributed by atoms with E-state index in [2.05, 4.69) is 10.6 Å². The van der Waals surface area contributed by atoms with Crippen LogP contribution in [0.15, 0.2) is 0 Å². The van der Waals surface area contributed by atoms with Gasteiger partial charge in [-0.25, -0.2) is 4.79 Å². The molecule has 2 rings (SSSR count). The molecule has 2 aliphatic carbocycles. The smallest absolute Gasteiger partial charge is 0.315 e. The SMILES string of the molecule is O=C(NCC1(C(=O)O)CC1)NC1CCCCC1O. The first-order chi connectivity index (χ1) is 8.53. The maximum atomic E-state index is 11.6. The largest absolute Gasteiger partial charge is 0.481 e. The molecule has 0 aliphatic heterocycles. The first kappa shape index (κ1) is 13.1. The molecule has 0 heterocycles. The van der Waals surface area contributed by atoms with Gasteiger partial charge in [0.1, 0.15) is 0 Å². The van der Waals surface area contributed by atoms with E-state index >= 15 is 0 Å². The van der Waals surface area contributed by atoms with E-state index in [0.717, 1.165) is 19.3 Å². The minimum Gasteiger partial charge on any atom is -0.481 e. The lowest BCUT2D eigenvalue weighted by atomic mass is 9.93. The topological polar surface area (TPSA) is 98.7 Å². The van der Waals surface area contributed by atoms with Crippen LogP contribution in [0.4, 0.5) is 4.79 Å². The predicted molar refractivity (Wildman–Crippen MR) is 64.1 cm³/mol. The summed E-state index contributed by atoms with van der Waals surface area (Å²) < 4.78 is 0. The van der Waals surface area contributed by atoms with Crippen LogP contribution in [0.1, 0.15) is 38.5 Å². The Bertz CT molecular complexity index is 341. The summed E-state index contributed by atoms with van der Waals surface area (Å²) in [7, 11) is 0. The number of carbonyl (C=O) groups is 2. The molecule has 2 fully saturated rings. The van der Waals surface area contributed by atoms with Gasteiger partial charge < -0.3 is 20.8 Å². The fourth-order valence-electron chi connectivity index (χ4n) is 2.37. The van der Waals surface area contributed by atoms with Crippen molar-refractivity contribution in [2.45, 2.75) is 50.7 Å². The Hall–Kier alpha value is -1.30. The van der Waals surface area contributed by atoms with E-state index in [4.69, 9.17) is 5.11 Å². The van der Waals surface area contributed by atoms with Gasteiger partial charge in [0.05, 0.1) is 17.6 Å². The normalized spacial score (nSPS) is 29.4. The number of urea groups is 1. The van der Waals surface area contributed by atoms with Gasteiger partial charge in [0.15, 0.2) is 0 Å². The lowest BCUT2D eigenvalue weighted by Gasteiger charge is -2.28. The molecule has 2 aliphatic rings. The molecule has 4 N–H and O–H groups in total.